The molecule has 4 nitrogen and oxygen atoms in total. The Kier molecular flexibility index (Phi) is 5.08. The Morgan fingerprint density at radius 1 is 1.00 bits per heavy atom. The number of nitrogens with zero attached hydrogens (tertiary/aromatic N) is 2. The lowest BCUT2D eigenvalue weighted by atomic mass is 9.75. The van der Waals surface area contributed by atoms with E-state index >= 15 is 0 Å². The van der Waals surface area contributed by atoms with Crippen LogP contribution in [0.2, 0.25) is 0 Å². The van der Waals surface area contributed by atoms with Gasteiger partial charge in [0.25, 0.3) is 0 Å². The van der Waals surface area contributed by atoms with E-state index in [0.717, 1.165) is 17.9 Å². The highest BCUT2D eigenvalue weighted by atomic mass is 15.2. The lowest BCUT2D eigenvalue weighted by Gasteiger charge is -2.34. The third kappa shape index (κ3) is 4.45. The summed E-state index contributed by atoms with van der Waals surface area (Å²) in [6, 6.07) is 18.0. The molecule has 0 radical (unpaired) electrons. The van der Waals surface area contributed by atoms with Gasteiger partial charge in [0.05, 0.1) is 0 Å². The Morgan fingerprint density at radius 3 is 2.44 bits per heavy atom. The van der Waals surface area contributed by atoms with Gasteiger partial charge in [0.2, 0.25) is 0 Å². The first-order chi connectivity index (χ1) is 13.1. The number of aromatic amines is 1. The largest absolute Gasteiger partial charge is 0.310 e. The predicted octanol–water partition coefficient (Wildman–Crippen LogP) is 5.20. The number of hydrogen-bond donors (Lipinski definition) is 2. The number of nitrogens with one attached hydrogen (secondary N) is 2. The number of hydrogen-bond acceptors (Lipinski definition) is 3. The molecular formula is C23H28N4. The van der Waals surface area contributed by atoms with Gasteiger partial charge in [0.15, 0.2) is 5.82 Å². The molecule has 0 saturated heterocycles. The number of benzene rings is 2. The van der Waals surface area contributed by atoms with Crippen LogP contribution in [0.1, 0.15) is 45.1 Å². The molecule has 140 valence electrons. The molecule has 2 aromatic carbocycles. The zero-order chi connectivity index (χ0) is 18.7. The lowest BCUT2D eigenvalue weighted by Crippen LogP contribution is -2.35. The Morgan fingerprint density at radius 2 is 1.74 bits per heavy atom. The van der Waals surface area contributed by atoms with Crippen molar-refractivity contribution in [3.05, 3.63) is 60.4 Å². The van der Waals surface area contributed by atoms with E-state index in [1.165, 1.54) is 48.7 Å². The van der Waals surface area contributed by atoms with Crippen LogP contribution in [0.5, 0.6) is 0 Å². The maximum atomic E-state index is 4.21. The molecule has 1 fully saturated rings. The first-order valence-corrected chi connectivity index (χ1v) is 9.88. The quantitative estimate of drug-likeness (QED) is 0.658. The fourth-order valence-corrected chi connectivity index (χ4v) is 3.89. The van der Waals surface area contributed by atoms with Crippen LogP contribution in [0.15, 0.2) is 54.9 Å². The van der Waals surface area contributed by atoms with E-state index < -0.39 is 0 Å². The molecule has 27 heavy (non-hydrogen) atoms. The van der Waals surface area contributed by atoms with Crippen LogP contribution in [0.4, 0.5) is 0 Å². The van der Waals surface area contributed by atoms with E-state index in [-0.39, 0.29) is 0 Å². The molecule has 0 bridgehead atoms. The van der Waals surface area contributed by atoms with Crippen LogP contribution in [-0.4, -0.2) is 21.2 Å². The predicted molar refractivity (Wildman–Crippen MR) is 110 cm³/mol. The molecule has 1 saturated carbocycles. The SMILES string of the molecule is CC1(C)CCC(NCc2cccc(-c3ccc(-c4ncn[nH]4)cc3)c2)CC1. The van der Waals surface area contributed by atoms with Crippen LogP contribution in [0, 0.1) is 5.41 Å². The van der Waals surface area contributed by atoms with Gasteiger partial charge < -0.3 is 5.32 Å². The summed E-state index contributed by atoms with van der Waals surface area (Å²) in [4.78, 5) is 4.21. The number of H-pyrrole nitrogens is 1. The highest BCUT2D eigenvalue weighted by molar-refractivity contribution is 5.68. The Labute approximate surface area is 161 Å². The molecule has 1 aliphatic rings. The summed E-state index contributed by atoms with van der Waals surface area (Å²) >= 11 is 0. The van der Waals surface area contributed by atoms with Gasteiger partial charge in [-0.3, -0.25) is 5.10 Å². The number of aromatic nitrogens is 3. The minimum Gasteiger partial charge on any atom is -0.310 e. The van der Waals surface area contributed by atoms with E-state index in [2.05, 4.69) is 82.9 Å². The topological polar surface area (TPSA) is 53.6 Å². The molecule has 1 heterocycles. The molecule has 4 heteroatoms. The summed E-state index contributed by atoms with van der Waals surface area (Å²) in [5.41, 5.74) is 5.39. The second-order valence-electron chi connectivity index (χ2n) is 8.43. The molecule has 4 rings (SSSR count). The van der Waals surface area contributed by atoms with Gasteiger partial charge in [-0.25, -0.2) is 4.98 Å². The maximum absolute atomic E-state index is 4.21. The summed E-state index contributed by atoms with van der Waals surface area (Å²) in [6.07, 6.45) is 6.75. The highest BCUT2D eigenvalue weighted by Crippen LogP contribution is 2.35. The summed E-state index contributed by atoms with van der Waals surface area (Å²) in [5, 5.41) is 10.6. The van der Waals surface area contributed by atoms with Gasteiger partial charge in [-0.05, 0) is 53.9 Å². The van der Waals surface area contributed by atoms with Crippen molar-refractivity contribution in [1.29, 1.82) is 0 Å². The Hall–Kier alpha value is -2.46. The molecule has 0 aliphatic heterocycles. The molecule has 0 spiro atoms. The average molecular weight is 361 g/mol. The molecule has 2 N–H and O–H groups in total. The minimum absolute atomic E-state index is 0.524. The zero-order valence-electron chi connectivity index (χ0n) is 16.2. The third-order valence-corrected chi connectivity index (χ3v) is 5.77. The first kappa shape index (κ1) is 17.9. The van der Waals surface area contributed by atoms with Gasteiger partial charge >= 0.3 is 0 Å². The first-order valence-electron chi connectivity index (χ1n) is 9.88. The van der Waals surface area contributed by atoms with Crippen LogP contribution in [0.25, 0.3) is 22.5 Å². The van der Waals surface area contributed by atoms with Gasteiger partial charge in [0, 0.05) is 18.2 Å². The lowest BCUT2D eigenvalue weighted by molar-refractivity contribution is 0.206. The standard InChI is InChI=1S/C23H28N4/c1-23(2)12-10-21(11-13-23)24-15-17-4-3-5-20(14-17)18-6-8-19(9-7-18)22-25-16-26-27-22/h3-9,14,16,21,24H,10-13,15H2,1-2H3,(H,25,26,27). The Balaban J connectivity index is 1.40. The van der Waals surface area contributed by atoms with Crippen LogP contribution in [-0.2, 0) is 6.54 Å². The molecule has 1 aliphatic carbocycles. The molecule has 0 amide bonds. The summed E-state index contributed by atoms with van der Waals surface area (Å²) in [5.74, 6) is 0.801. The monoisotopic (exact) mass is 360 g/mol. The molecular weight excluding hydrogens is 332 g/mol. The molecule has 3 aromatic rings. The van der Waals surface area contributed by atoms with Crippen molar-refractivity contribution < 1.29 is 0 Å². The maximum Gasteiger partial charge on any atom is 0.155 e. The van der Waals surface area contributed by atoms with Crippen molar-refractivity contribution >= 4 is 0 Å². The summed E-state index contributed by atoms with van der Waals surface area (Å²) in [7, 11) is 0. The van der Waals surface area contributed by atoms with Crippen molar-refractivity contribution in [3.8, 4) is 22.5 Å². The van der Waals surface area contributed by atoms with Crippen molar-refractivity contribution in [2.24, 2.45) is 5.41 Å². The van der Waals surface area contributed by atoms with Crippen LogP contribution < -0.4 is 5.32 Å². The average Bonchev–Trinajstić information content (AvgIpc) is 3.22. The van der Waals surface area contributed by atoms with Gasteiger partial charge in [-0.15, -0.1) is 0 Å². The second-order valence-corrected chi connectivity index (χ2v) is 8.43. The zero-order valence-corrected chi connectivity index (χ0v) is 16.2. The highest BCUT2D eigenvalue weighted by Gasteiger charge is 2.26. The van der Waals surface area contributed by atoms with Crippen molar-refractivity contribution in [1.82, 2.24) is 20.5 Å². The summed E-state index contributed by atoms with van der Waals surface area (Å²) < 4.78 is 0. The van der Waals surface area contributed by atoms with E-state index in [9.17, 15) is 0 Å². The van der Waals surface area contributed by atoms with Crippen LogP contribution >= 0.6 is 0 Å². The smallest absolute Gasteiger partial charge is 0.155 e. The molecule has 0 atom stereocenters. The van der Waals surface area contributed by atoms with Crippen molar-refractivity contribution in [2.75, 3.05) is 0 Å². The van der Waals surface area contributed by atoms with Crippen molar-refractivity contribution in [2.45, 2.75) is 52.1 Å². The number of rotatable bonds is 5. The van der Waals surface area contributed by atoms with E-state index in [0.29, 0.717) is 11.5 Å². The van der Waals surface area contributed by atoms with Crippen LogP contribution in [0.3, 0.4) is 0 Å². The van der Waals surface area contributed by atoms with E-state index in [4.69, 9.17) is 0 Å². The summed E-state index contributed by atoms with van der Waals surface area (Å²) in [6.45, 7) is 5.72. The third-order valence-electron chi connectivity index (χ3n) is 5.77. The molecule has 1 aromatic heterocycles. The van der Waals surface area contributed by atoms with Gasteiger partial charge in [0.1, 0.15) is 6.33 Å². The van der Waals surface area contributed by atoms with Crippen molar-refractivity contribution in [3.63, 3.8) is 0 Å². The second kappa shape index (κ2) is 7.65. The molecule has 0 unspecified atom stereocenters. The fraction of sp³-hybridized carbons (Fsp3) is 0.391. The Bertz CT molecular complexity index is 856. The van der Waals surface area contributed by atoms with E-state index in [1.807, 2.05) is 0 Å². The van der Waals surface area contributed by atoms with Gasteiger partial charge in [-0.1, -0.05) is 56.3 Å². The minimum atomic E-state index is 0.524. The fourth-order valence-electron chi connectivity index (χ4n) is 3.89. The van der Waals surface area contributed by atoms with Gasteiger partial charge in [-0.2, -0.15) is 5.10 Å². The van der Waals surface area contributed by atoms with E-state index in [1.54, 1.807) is 0 Å². The normalized spacial score (nSPS) is 17.1.